The third-order valence-electron chi connectivity index (χ3n) is 3.96. The van der Waals surface area contributed by atoms with Crippen LogP contribution in [0.5, 0.6) is 0 Å². The Morgan fingerprint density at radius 3 is 2.72 bits per heavy atom. The van der Waals surface area contributed by atoms with Gasteiger partial charge in [-0.2, -0.15) is 0 Å². The second-order valence-electron chi connectivity index (χ2n) is 5.35. The van der Waals surface area contributed by atoms with Crippen molar-refractivity contribution in [3.8, 4) is 0 Å². The zero-order chi connectivity index (χ0) is 12.8. The Kier molecular flexibility index (Phi) is 4.98. The standard InChI is InChI=1S/C17H23F/c1-2-3-4-7-14-10-12-15(13-11-14)16-8-5-6-9-17(16)18/h5-6,8-9,12,14H,2-4,7,10-11,13H2,1H3. The SMILES string of the molecule is CCCCCC1CC=C(c2ccccc2F)CC1. The zero-order valence-electron chi connectivity index (χ0n) is 11.3. The van der Waals surface area contributed by atoms with E-state index in [9.17, 15) is 4.39 Å². The highest BCUT2D eigenvalue weighted by molar-refractivity contribution is 5.66. The van der Waals surface area contributed by atoms with Gasteiger partial charge in [-0.15, -0.1) is 0 Å². The fourth-order valence-corrected chi connectivity index (χ4v) is 2.80. The summed E-state index contributed by atoms with van der Waals surface area (Å²) in [4.78, 5) is 0. The first-order valence-electron chi connectivity index (χ1n) is 7.25. The molecule has 0 bridgehead atoms. The fraction of sp³-hybridized carbons (Fsp3) is 0.529. The number of benzene rings is 1. The van der Waals surface area contributed by atoms with Gasteiger partial charge < -0.3 is 0 Å². The van der Waals surface area contributed by atoms with Crippen LogP contribution in [0.15, 0.2) is 30.3 Å². The minimum Gasteiger partial charge on any atom is -0.206 e. The monoisotopic (exact) mass is 246 g/mol. The third kappa shape index (κ3) is 3.44. The van der Waals surface area contributed by atoms with Gasteiger partial charge in [0.1, 0.15) is 5.82 Å². The lowest BCUT2D eigenvalue weighted by Crippen LogP contribution is -2.06. The van der Waals surface area contributed by atoms with Crippen LogP contribution in [0.2, 0.25) is 0 Å². The van der Waals surface area contributed by atoms with E-state index in [0.717, 1.165) is 24.3 Å². The van der Waals surface area contributed by atoms with Gasteiger partial charge in [-0.3, -0.25) is 0 Å². The summed E-state index contributed by atoms with van der Waals surface area (Å²) >= 11 is 0. The smallest absolute Gasteiger partial charge is 0.130 e. The molecule has 1 aliphatic carbocycles. The van der Waals surface area contributed by atoms with Gasteiger partial charge in [0.25, 0.3) is 0 Å². The van der Waals surface area contributed by atoms with E-state index >= 15 is 0 Å². The van der Waals surface area contributed by atoms with Gasteiger partial charge in [-0.25, -0.2) is 4.39 Å². The number of rotatable bonds is 5. The Labute approximate surface area is 110 Å². The number of halogens is 1. The maximum atomic E-state index is 13.7. The normalized spacial score (nSPS) is 19.7. The molecule has 0 aromatic heterocycles. The van der Waals surface area contributed by atoms with E-state index in [1.807, 2.05) is 12.1 Å². The lowest BCUT2D eigenvalue weighted by molar-refractivity contribution is 0.427. The lowest BCUT2D eigenvalue weighted by atomic mass is 9.84. The first kappa shape index (κ1) is 13.3. The predicted octanol–water partition coefficient (Wildman–Crippen LogP) is 5.59. The van der Waals surface area contributed by atoms with Gasteiger partial charge in [-0.05, 0) is 36.8 Å². The molecule has 0 fully saturated rings. The molecule has 1 aromatic rings. The third-order valence-corrected chi connectivity index (χ3v) is 3.96. The summed E-state index contributed by atoms with van der Waals surface area (Å²) in [6.45, 7) is 2.25. The summed E-state index contributed by atoms with van der Waals surface area (Å²) in [5.41, 5.74) is 2.02. The maximum absolute atomic E-state index is 13.7. The minimum absolute atomic E-state index is 0.0758. The van der Waals surface area contributed by atoms with Crippen LogP contribution < -0.4 is 0 Å². The Hall–Kier alpha value is -1.11. The van der Waals surface area contributed by atoms with Crippen LogP contribution in [0.25, 0.3) is 5.57 Å². The summed E-state index contributed by atoms with van der Waals surface area (Å²) in [6, 6.07) is 7.14. The van der Waals surface area contributed by atoms with E-state index in [2.05, 4.69) is 13.0 Å². The Balaban J connectivity index is 1.93. The Bertz CT molecular complexity index is 406. The van der Waals surface area contributed by atoms with E-state index in [1.54, 1.807) is 12.1 Å². The van der Waals surface area contributed by atoms with Crippen LogP contribution in [0.4, 0.5) is 4.39 Å². The summed E-state index contributed by atoms with van der Waals surface area (Å²) in [6.07, 6.45) is 11.0. The van der Waals surface area contributed by atoms with Crippen molar-refractivity contribution in [1.82, 2.24) is 0 Å². The van der Waals surface area contributed by atoms with Crippen molar-refractivity contribution in [3.05, 3.63) is 41.7 Å². The highest BCUT2D eigenvalue weighted by Crippen LogP contribution is 2.33. The second-order valence-corrected chi connectivity index (χ2v) is 5.35. The molecular formula is C17H23F. The molecule has 0 spiro atoms. The molecule has 0 N–H and O–H groups in total. The van der Waals surface area contributed by atoms with Gasteiger partial charge >= 0.3 is 0 Å². The highest BCUT2D eigenvalue weighted by atomic mass is 19.1. The molecule has 1 heteroatoms. The Morgan fingerprint density at radius 2 is 2.06 bits per heavy atom. The van der Waals surface area contributed by atoms with Crippen molar-refractivity contribution in [3.63, 3.8) is 0 Å². The van der Waals surface area contributed by atoms with Gasteiger partial charge in [0.05, 0.1) is 0 Å². The van der Waals surface area contributed by atoms with E-state index in [4.69, 9.17) is 0 Å². The van der Waals surface area contributed by atoms with Crippen LogP contribution in [0.1, 0.15) is 57.4 Å². The van der Waals surface area contributed by atoms with Crippen LogP contribution in [0, 0.1) is 11.7 Å². The van der Waals surface area contributed by atoms with Gasteiger partial charge in [0.2, 0.25) is 0 Å². The van der Waals surface area contributed by atoms with Gasteiger partial charge in [0.15, 0.2) is 0 Å². The van der Waals surface area contributed by atoms with Crippen molar-refractivity contribution < 1.29 is 4.39 Å². The molecule has 1 aliphatic rings. The van der Waals surface area contributed by atoms with Crippen LogP contribution >= 0.6 is 0 Å². The number of allylic oxidation sites excluding steroid dienone is 2. The highest BCUT2D eigenvalue weighted by Gasteiger charge is 2.16. The van der Waals surface area contributed by atoms with Crippen molar-refractivity contribution in [1.29, 1.82) is 0 Å². The van der Waals surface area contributed by atoms with Crippen molar-refractivity contribution in [2.75, 3.05) is 0 Å². The van der Waals surface area contributed by atoms with Crippen LogP contribution in [-0.4, -0.2) is 0 Å². The largest absolute Gasteiger partial charge is 0.206 e. The zero-order valence-corrected chi connectivity index (χ0v) is 11.3. The first-order chi connectivity index (χ1) is 8.81. The van der Waals surface area contributed by atoms with E-state index < -0.39 is 0 Å². The maximum Gasteiger partial charge on any atom is 0.130 e. The predicted molar refractivity (Wildman–Crippen MR) is 75.9 cm³/mol. The summed E-state index contributed by atoms with van der Waals surface area (Å²) < 4.78 is 13.7. The average Bonchev–Trinajstić information content (AvgIpc) is 2.41. The molecule has 1 unspecified atom stereocenters. The molecule has 0 amide bonds. The summed E-state index contributed by atoms with van der Waals surface area (Å²) in [5, 5.41) is 0. The Morgan fingerprint density at radius 1 is 1.22 bits per heavy atom. The molecule has 0 nitrogen and oxygen atoms in total. The molecule has 0 saturated heterocycles. The number of unbranched alkanes of at least 4 members (excludes halogenated alkanes) is 2. The second kappa shape index (κ2) is 6.72. The number of hydrogen-bond acceptors (Lipinski definition) is 0. The number of hydrogen-bond donors (Lipinski definition) is 0. The fourth-order valence-electron chi connectivity index (χ4n) is 2.80. The molecule has 0 saturated carbocycles. The summed E-state index contributed by atoms with van der Waals surface area (Å²) in [7, 11) is 0. The lowest BCUT2D eigenvalue weighted by Gasteiger charge is -2.22. The minimum atomic E-state index is -0.0758. The van der Waals surface area contributed by atoms with Crippen molar-refractivity contribution in [2.45, 2.75) is 51.9 Å². The van der Waals surface area contributed by atoms with Crippen molar-refractivity contribution in [2.24, 2.45) is 5.92 Å². The molecule has 18 heavy (non-hydrogen) atoms. The molecule has 1 aromatic carbocycles. The molecule has 2 rings (SSSR count). The summed E-state index contributed by atoms with van der Waals surface area (Å²) in [5.74, 6) is 0.750. The molecule has 0 heterocycles. The van der Waals surface area contributed by atoms with Crippen molar-refractivity contribution >= 4 is 5.57 Å². The van der Waals surface area contributed by atoms with Crippen LogP contribution in [-0.2, 0) is 0 Å². The van der Waals surface area contributed by atoms with E-state index in [1.165, 1.54) is 37.7 Å². The van der Waals surface area contributed by atoms with E-state index in [-0.39, 0.29) is 5.82 Å². The molecular weight excluding hydrogens is 223 g/mol. The van der Waals surface area contributed by atoms with Gasteiger partial charge in [-0.1, -0.05) is 56.9 Å². The van der Waals surface area contributed by atoms with E-state index in [0.29, 0.717) is 0 Å². The average molecular weight is 246 g/mol. The quantitative estimate of drug-likeness (QED) is 0.594. The topological polar surface area (TPSA) is 0 Å². The molecule has 0 aliphatic heterocycles. The first-order valence-corrected chi connectivity index (χ1v) is 7.25. The molecule has 1 atom stereocenters. The molecule has 98 valence electrons. The van der Waals surface area contributed by atoms with Gasteiger partial charge in [0, 0.05) is 5.56 Å². The van der Waals surface area contributed by atoms with Crippen LogP contribution in [0.3, 0.4) is 0 Å². The molecule has 0 radical (unpaired) electrons.